The Balaban J connectivity index is 1.29. The SMILES string of the molecule is c1ccc2cc(-c3nc(-n4c5ccccc5c5cc6ccc7sc8ccccc8c7c6cc54)nc4c3oc3ccccc34)ccc2c1. The second-order valence-electron chi connectivity index (χ2n) is 12.2. The maximum atomic E-state index is 6.50. The Kier molecular flexibility index (Phi) is 4.96. The van der Waals surface area contributed by atoms with Gasteiger partial charge in [0, 0.05) is 41.9 Å². The molecule has 0 saturated carbocycles. The van der Waals surface area contributed by atoms with Crippen LogP contribution in [0.4, 0.5) is 0 Å². The van der Waals surface area contributed by atoms with E-state index in [9.17, 15) is 0 Å². The second kappa shape index (κ2) is 9.25. The molecule has 0 aliphatic rings. The Labute approximate surface area is 271 Å². The highest BCUT2D eigenvalue weighted by atomic mass is 32.1. The summed E-state index contributed by atoms with van der Waals surface area (Å²) in [6.45, 7) is 0. The summed E-state index contributed by atoms with van der Waals surface area (Å²) in [7, 11) is 0. The van der Waals surface area contributed by atoms with E-state index in [1.165, 1.54) is 47.1 Å². The quantitative estimate of drug-likeness (QED) is 0.194. The van der Waals surface area contributed by atoms with Crippen molar-refractivity contribution in [1.82, 2.24) is 14.5 Å². The lowest BCUT2D eigenvalue weighted by Crippen LogP contribution is -2.03. The Bertz CT molecular complexity index is 3090. The van der Waals surface area contributed by atoms with Gasteiger partial charge >= 0.3 is 0 Å². The van der Waals surface area contributed by atoms with Crippen LogP contribution in [0.25, 0.3) is 103 Å². The summed E-state index contributed by atoms with van der Waals surface area (Å²) in [4.78, 5) is 10.7. The van der Waals surface area contributed by atoms with E-state index in [0.29, 0.717) is 11.5 Å². The van der Waals surface area contributed by atoms with Crippen LogP contribution in [0, 0.1) is 0 Å². The fraction of sp³-hybridized carbons (Fsp3) is 0. The van der Waals surface area contributed by atoms with Gasteiger partial charge in [-0.25, -0.2) is 9.97 Å². The molecule has 0 aliphatic heterocycles. The molecule has 0 amide bonds. The summed E-state index contributed by atoms with van der Waals surface area (Å²) < 4.78 is 11.3. The minimum atomic E-state index is 0.625. The Morgan fingerprint density at radius 1 is 0.511 bits per heavy atom. The highest BCUT2D eigenvalue weighted by Gasteiger charge is 2.22. The van der Waals surface area contributed by atoms with E-state index >= 15 is 0 Å². The van der Waals surface area contributed by atoms with Crippen LogP contribution in [-0.2, 0) is 0 Å². The number of hydrogen-bond donors (Lipinski definition) is 0. The maximum absolute atomic E-state index is 6.50. The minimum absolute atomic E-state index is 0.625. The van der Waals surface area contributed by atoms with Gasteiger partial charge in [0.05, 0.1) is 11.0 Å². The van der Waals surface area contributed by atoms with Crippen LogP contribution in [-0.4, -0.2) is 14.5 Å². The number of nitrogens with zero attached hydrogens (tertiary/aromatic N) is 3. The number of furan rings is 1. The van der Waals surface area contributed by atoms with Crippen LogP contribution in [0.2, 0.25) is 0 Å². The maximum Gasteiger partial charge on any atom is 0.236 e. The van der Waals surface area contributed by atoms with Crippen LogP contribution in [0.3, 0.4) is 0 Å². The minimum Gasteiger partial charge on any atom is -0.452 e. The first-order valence-electron chi connectivity index (χ1n) is 15.7. The zero-order chi connectivity index (χ0) is 30.6. The third-order valence-corrected chi connectivity index (χ3v) is 10.7. The molecule has 0 bridgehead atoms. The smallest absolute Gasteiger partial charge is 0.236 e. The molecule has 0 radical (unpaired) electrons. The van der Waals surface area contributed by atoms with Gasteiger partial charge in [0.2, 0.25) is 5.95 Å². The van der Waals surface area contributed by atoms with Gasteiger partial charge in [-0.2, -0.15) is 0 Å². The molecule has 0 saturated heterocycles. The number of benzene rings is 7. The van der Waals surface area contributed by atoms with Gasteiger partial charge in [-0.05, 0) is 70.1 Å². The van der Waals surface area contributed by atoms with E-state index in [4.69, 9.17) is 14.4 Å². The summed E-state index contributed by atoms with van der Waals surface area (Å²) in [5.41, 5.74) is 6.24. The predicted octanol–water partition coefficient (Wildman–Crippen LogP) is 11.8. The molecule has 5 heteroatoms. The molecular weight excluding hydrogens is 595 g/mol. The first kappa shape index (κ1) is 25.2. The van der Waals surface area contributed by atoms with Gasteiger partial charge in [0.25, 0.3) is 0 Å². The van der Waals surface area contributed by atoms with E-state index in [1.54, 1.807) is 0 Å². The van der Waals surface area contributed by atoms with Gasteiger partial charge < -0.3 is 4.42 Å². The largest absolute Gasteiger partial charge is 0.452 e. The lowest BCUT2D eigenvalue weighted by molar-refractivity contribution is 0.666. The monoisotopic (exact) mass is 617 g/mol. The summed E-state index contributed by atoms with van der Waals surface area (Å²) in [6.07, 6.45) is 0. The predicted molar refractivity (Wildman–Crippen MR) is 197 cm³/mol. The first-order valence-corrected chi connectivity index (χ1v) is 16.6. The van der Waals surface area contributed by atoms with Crippen molar-refractivity contribution in [2.75, 3.05) is 0 Å². The van der Waals surface area contributed by atoms with Crippen LogP contribution >= 0.6 is 11.3 Å². The Morgan fingerprint density at radius 3 is 2.21 bits per heavy atom. The molecule has 11 aromatic rings. The lowest BCUT2D eigenvalue weighted by Gasteiger charge is -2.10. The van der Waals surface area contributed by atoms with Crippen molar-refractivity contribution in [3.05, 3.63) is 140 Å². The van der Waals surface area contributed by atoms with E-state index in [1.807, 2.05) is 29.5 Å². The van der Waals surface area contributed by atoms with Gasteiger partial charge in [-0.15, -0.1) is 11.3 Å². The molecule has 7 aromatic carbocycles. The number of para-hydroxylation sites is 2. The van der Waals surface area contributed by atoms with Gasteiger partial charge in [-0.1, -0.05) is 91.0 Å². The van der Waals surface area contributed by atoms with Crippen molar-refractivity contribution in [2.45, 2.75) is 0 Å². The number of hydrogen-bond acceptors (Lipinski definition) is 4. The van der Waals surface area contributed by atoms with Crippen LogP contribution < -0.4 is 0 Å². The molecule has 0 N–H and O–H groups in total. The summed E-state index contributed by atoms with van der Waals surface area (Å²) in [5.74, 6) is 0.625. The zero-order valence-electron chi connectivity index (χ0n) is 24.9. The summed E-state index contributed by atoms with van der Waals surface area (Å²) in [6, 6.07) is 49.6. The molecule has 0 spiro atoms. The molecule has 218 valence electrons. The normalized spacial score (nSPS) is 12.3. The highest BCUT2D eigenvalue weighted by molar-refractivity contribution is 7.26. The molecular formula is C42H23N3OS. The van der Waals surface area contributed by atoms with Crippen LogP contribution in [0.5, 0.6) is 0 Å². The molecule has 11 rings (SSSR count). The molecule has 4 nitrogen and oxygen atoms in total. The van der Waals surface area contributed by atoms with Crippen molar-refractivity contribution in [1.29, 1.82) is 0 Å². The fourth-order valence-corrected chi connectivity index (χ4v) is 8.56. The first-order chi connectivity index (χ1) is 23.3. The van der Waals surface area contributed by atoms with Crippen molar-refractivity contribution in [3.63, 3.8) is 0 Å². The number of rotatable bonds is 2. The van der Waals surface area contributed by atoms with Gasteiger partial charge in [0.1, 0.15) is 16.8 Å². The topological polar surface area (TPSA) is 43.9 Å². The van der Waals surface area contributed by atoms with Crippen LogP contribution in [0.1, 0.15) is 0 Å². The molecule has 0 fully saturated rings. The van der Waals surface area contributed by atoms with E-state index in [-0.39, 0.29) is 0 Å². The summed E-state index contributed by atoms with van der Waals surface area (Å²) in [5, 5.41) is 10.7. The standard InChI is InChI=1S/C42H23N3OS/c1-2-10-25-21-27(18-17-24(25)9-1)39-41-40(29-12-4-7-15-35(29)46-41)44-42(43-39)45-33-14-6-3-11-28(33)32-22-26-19-20-37-38(31(26)23-34(32)45)30-13-5-8-16-36(30)47-37/h1-23H. The Morgan fingerprint density at radius 2 is 1.28 bits per heavy atom. The fourth-order valence-electron chi connectivity index (χ4n) is 7.44. The number of aromatic nitrogens is 3. The van der Waals surface area contributed by atoms with E-state index in [2.05, 4.69) is 126 Å². The van der Waals surface area contributed by atoms with E-state index < -0.39 is 0 Å². The van der Waals surface area contributed by atoms with E-state index in [0.717, 1.165) is 44.2 Å². The molecule has 4 heterocycles. The van der Waals surface area contributed by atoms with Crippen LogP contribution in [0.15, 0.2) is 144 Å². The lowest BCUT2D eigenvalue weighted by atomic mass is 10.0. The van der Waals surface area contributed by atoms with Crippen molar-refractivity contribution < 1.29 is 4.42 Å². The Hall–Kier alpha value is -6.04. The average molecular weight is 618 g/mol. The highest BCUT2D eigenvalue weighted by Crippen LogP contribution is 2.42. The third-order valence-electron chi connectivity index (χ3n) is 9.58. The summed E-state index contributed by atoms with van der Waals surface area (Å²) >= 11 is 1.85. The van der Waals surface area contributed by atoms with Crippen molar-refractivity contribution >= 4 is 96.9 Å². The zero-order valence-corrected chi connectivity index (χ0v) is 25.8. The molecule has 0 aliphatic carbocycles. The number of thiophene rings is 1. The molecule has 0 atom stereocenters. The third kappa shape index (κ3) is 3.52. The molecule has 0 unspecified atom stereocenters. The second-order valence-corrected chi connectivity index (χ2v) is 13.3. The average Bonchev–Trinajstić information content (AvgIpc) is 3.79. The molecule has 4 aromatic heterocycles. The van der Waals surface area contributed by atoms with Gasteiger partial charge in [0.15, 0.2) is 5.58 Å². The number of fused-ring (bicyclic) bond motifs is 12. The van der Waals surface area contributed by atoms with Crippen molar-refractivity contribution in [3.8, 4) is 17.2 Å². The van der Waals surface area contributed by atoms with Crippen molar-refractivity contribution in [2.24, 2.45) is 0 Å². The van der Waals surface area contributed by atoms with Gasteiger partial charge in [-0.3, -0.25) is 4.57 Å². The molecule has 47 heavy (non-hydrogen) atoms.